The molecule has 1 unspecified atom stereocenters. The second-order valence-electron chi connectivity index (χ2n) is 6.01. The lowest BCUT2D eigenvalue weighted by Gasteiger charge is -2.31. The van der Waals surface area contributed by atoms with E-state index in [1.54, 1.807) is 0 Å². The molecular formula is C16H20N2O2. The Labute approximate surface area is 119 Å². The van der Waals surface area contributed by atoms with Crippen LogP contribution in [0.15, 0.2) is 24.3 Å². The van der Waals surface area contributed by atoms with E-state index >= 15 is 0 Å². The number of ether oxygens (including phenoxy) is 1. The molecule has 1 N–H and O–H groups in total. The van der Waals surface area contributed by atoms with Gasteiger partial charge in [0.15, 0.2) is 6.10 Å². The molecule has 1 aromatic carbocycles. The highest BCUT2D eigenvalue weighted by molar-refractivity contribution is 5.83. The highest BCUT2D eigenvalue weighted by Crippen LogP contribution is 2.33. The van der Waals surface area contributed by atoms with Gasteiger partial charge in [-0.3, -0.25) is 4.79 Å². The fourth-order valence-electron chi connectivity index (χ4n) is 3.87. The van der Waals surface area contributed by atoms with E-state index in [1.807, 2.05) is 18.2 Å². The lowest BCUT2D eigenvalue weighted by Crippen LogP contribution is -2.43. The van der Waals surface area contributed by atoms with Crippen LogP contribution in [-0.4, -0.2) is 43.1 Å². The number of amides is 1. The molecule has 0 aromatic heterocycles. The summed E-state index contributed by atoms with van der Waals surface area (Å²) < 4.78 is 5.82. The maximum atomic E-state index is 12.9. The molecule has 20 heavy (non-hydrogen) atoms. The van der Waals surface area contributed by atoms with Gasteiger partial charge < -0.3 is 15.0 Å². The molecule has 4 rings (SSSR count). The first-order valence-electron chi connectivity index (χ1n) is 7.55. The van der Waals surface area contributed by atoms with Gasteiger partial charge in [0.05, 0.1) is 6.61 Å². The molecule has 0 radical (unpaired) electrons. The Kier molecular flexibility index (Phi) is 3.00. The van der Waals surface area contributed by atoms with Crippen LogP contribution >= 0.6 is 0 Å². The van der Waals surface area contributed by atoms with Crippen molar-refractivity contribution in [1.29, 1.82) is 0 Å². The van der Waals surface area contributed by atoms with Crippen molar-refractivity contribution in [2.24, 2.45) is 5.92 Å². The van der Waals surface area contributed by atoms with Crippen molar-refractivity contribution in [3.63, 3.8) is 0 Å². The van der Waals surface area contributed by atoms with Crippen LogP contribution in [0.25, 0.3) is 0 Å². The molecule has 0 spiro atoms. The molecule has 3 heterocycles. The third-order valence-electron chi connectivity index (χ3n) is 4.95. The van der Waals surface area contributed by atoms with Gasteiger partial charge in [-0.1, -0.05) is 24.3 Å². The number of fused-ring (bicyclic) bond motifs is 2. The van der Waals surface area contributed by atoms with Crippen molar-refractivity contribution in [3.8, 4) is 0 Å². The Hall–Kier alpha value is -1.39. The van der Waals surface area contributed by atoms with E-state index in [0.717, 1.165) is 38.0 Å². The molecule has 3 atom stereocenters. The first-order valence-corrected chi connectivity index (χ1v) is 7.55. The minimum Gasteiger partial charge on any atom is -0.363 e. The minimum absolute atomic E-state index is 0.161. The van der Waals surface area contributed by atoms with Gasteiger partial charge in [0.1, 0.15) is 0 Å². The third-order valence-corrected chi connectivity index (χ3v) is 4.95. The number of rotatable bonds is 1. The van der Waals surface area contributed by atoms with E-state index in [9.17, 15) is 4.79 Å². The van der Waals surface area contributed by atoms with Crippen molar-refractivity contribution in [2.75, 3.05) is 26.2 Å². The number of nitrogens with one attached hydrogen (secondary N) is 1. The van der Waals surface area contributed by atoms with Crippen molar-refractivity contribution in [2.45, 2.75) is 25.0 Å². The van der Waals surface area contributed by atoms with E-state index in [1.165, 1.54) is 5.56 Å². The average molecular weight is 272 g/mol. The summed E-state index contributed by atoms with van der Waals surface area (Å²) in [5.41, 5.74) is 2.33. The van der Waals surface area contributed by atoms with Gasteiger partial charge in [0.2, 0.25) is 0 Å². The minimum atomic E-state index is -0.390. The molecule has 0 bridgehead atoms. The van der Waals surface area contributed by atoms with E-state index in [2.05, 4.69) is 16.3 Å². The summed E-state index contributed by atoms with van der Waals surface area (Å²) >= 11 is 0. The monoisotopic (exact) mass is 272 g/mol. The first-order chi connectivity index (χ1) is 9.84. The fourth-order valence-corrected chi connectivity index (χ4v) is 3.87. The normalized spacial score (nSPS) is 32.0. The standard InChI is InChI=1S/C16H20N2O2/c19-16(18-7-5-12-9-17-10-14(12)18)15-13-4-2-1-3-11(13)6-8-20-15/h1-4,12,14-15,17H,5-10H2/t12-,14+,15?/m0/s1. The zero-order valence-electron chi connectivity index (χ0n) is 11.5. The summed E-state index contributed by atoms with van der Waals surface area (Å²) in [5, 5.41) is 3.40. The number of hydrogen-bond donors (Lipinski definition) is 1. The SMILES string of the molecule is O=C(C1OCCc2ccccc21)N1CC[C@H]2CNC[C@H]21. The highest BCUT2D eigenvalue weighted by Gasteiger charge is 2.43. The summed E-state index contributed by atoms with van der Waals surface area (Å²) in [4.78, 5) is 14.9. The molecule has 0 aliphatic carbocycles. The van der Waals surface area contributed by atoms with Crippen LogP contribution in [0, 0.1) is 5.92 Å². The lowest BCUT2D eigenvalue weighted by molar-refractivity contribution is -0.146. The third kappa shape index (κ3) is 1.86. The Morgan fingerprint density at radius 1 is 1.30 bits per heavy atom. The molecule has 106 valence electrons. The number of benzene rings is 1. The van der Waals surface area contributed by atoms with Crippen LogP contribution in [0.1, 0.15) is 23.7 Å². The van der Waals surface area contributed by atoms with Gasteiger partial charge in [-0.05, 0) is 29.9 Å². The molecule has 3 aliphatic rings. The molecule has 1 amide bonds. The predicted molar refractivity (Wildman–Crippen MR) is 75.3 cm³/mol. The number of nitrogens with zero attached hydrogens (tertiary/aromatic N) is 1. The molecule has 4 nitrogen and oxygen atoms in total. The van der Waals surface area contributed by atoms with Gasteiger partial charge in [0, 0.05) is 25.7 Å². The largest absolute Gasteiger partial charge is 0.363 e. The number of likely N-dealkylation sites (tertiary alicyclic amines) is 1. The van der Waals surface area contributed by atoms with Crippen LogP contribution in [0.4, 0.5) is 0 Å². The molecule has 3 aliphatic heterocycles. The Morgan fingerprint density at radius 3 is 3.15 bits per heavy atom. The molecule has 1 aromatic rings. The van der Waals surface area contributed by atoms with Crippen LogP contribution in [-0.2, 0) is 16.0 Å². The second-order valence-corrected chi connectivity index (χ2v) is 6.01. The zero-order chi connectivity index (χ0) is 13.5. The summed E-state index contributed by atoms with van der Waals surface area (Å²) in [6.45, 7) is 3.52. The van der Waals surface area contributed by atoms with Gasteiger partial charge in [0.25, 0.3) is 5.91 Å². The van der Waals surface area contributed by atoms with Crippen molar-refractivity contribution < 1.29 is 9.53 Å². The molecule has 2 fully saturated rings. The summed E-state index contributed by atoms with van der Waals surface area (Å²) in [7, 11) is 0. The van der Waals surface area contributed by atoms with Crippen LogP contribution in [0.2, 0.25) is 0 Å². The Bertz CT molecular complexity index is 531. The van der Waals surface area contributed by atoms with E-state index < -0.39 is 0 Å². The number of carbonyl (C=O) groups is 1. The lowest BCUT2D eigenvalue weighted by atomic mass is 9.96. The quantitative estimate of drug-likeness (QED) is 0.833. The summed E-state index contributed by atoms with van der Waals surface area (Å²) in [6, 6.07) is 8.57. The highest BCUT2D eigenvalue weighted by atomic mass is 16.5. The molecule has 0 saturated carbocycles. The van der Waals surface area contributed by atoms with Gasteiger partial charge in [-0.2, -0.15) is 0 Å². The van der Waals surface area contributed by atoms with Crippen molar-refractivity contribution in [1.82, 2.24) is 10.2 Å². The van der Waals surface area contributed by atoms with E-state index in [-0.39, 0.29) is 12.0 Å². The first kappa shape index (κ1) is 12.4. The molecular weight excluding hydrogens is 252 g/mol. The van der Waals surface area contributed by atoms with Gasteiger partial charge >= 0.3 is 0 Å². The van der Waals surface area contributed by atoms with E-state index in [0.29, 0.717) is 18.6 Å². The molecule has 2 saturated heterocycles. The topological polar surface area (TPSA) is 41.6 Å². The van der Waals surface area contributed by atoms with E-state index in [4.69, 9.17) is 4.74 Å². The molecule has 4 heteroatoms. The van der Waals surface area contributed by atoms with Gasteiger partial charge in [-0.25, -0.2) is 0 Å². The second kappa shape index (κ2) is 4.86. The van der Waals surface area contributed by atoms with Crippen molar-refractivity contribution >= 4 is 5.91 Å². The number of carbonyl (C=O) groups excluding carboxylic acids is 1. The number of hydrogen-bond acceptors (Lipinski definition) is 3. The van der Waals surface area contributed by atoms with Gasteiger partial charge in [-0.15, -0.1) is 0 Å². The van der Waals surface area contributed by atoms with Crippen LogP contribution < -0.4 is 5.32 Å². The fraction of sp³-hybridized carbons (Fsp3) is 0.562. The average Bonchev–Trinajstić information content (AvgIpc) is 3.09. The van der Waals surface area contributed by atoms with Crippen molar-refractivity contribution in [3.05, 3.63) is 35.4 Å². The zero-order valence-corrected chi connectivity index (χ0v) is 11.5. The van der Waals surface area contributed by atoms with Crippen LogP contribution in [0.5, 0.6) is 0 Å². The maximum Gasteiger partial charge on any atom is 0.256 e. The predicted octanol–water partition coefficient (Wildman–Crippen LogP) is 1.12. The summed E-state index contributed by atoms with van der Waals surface area (Å²) in [5.74, 6) is 0.797. The summed E-state index contributed by atoms with van der Waals surface area (Å²) in [6.07, 6.45) is 1.64. The smallest absolute Gasteiger partial charge is 0.256 e. The Balaban J connectivity index is 1.60. The maximum absolute atomic E-state index is 12.9. The van der Waals surface area contributed by atoms with Crippen LogP contribution in [0.3, 0.4) is 0 Å². The Morgan fingerprint density at radius 2 is 2.20 bits per heavy atom.